The fraction of sp³-hybridized carbons (Fsp3) is 0.0588. The van der Waals surface area contributed by atoms with Crippen molar-refractivity contribution >= 4 is 23.7 Å². The van der Waals surface area contributed by atoms with E-state index in [0.29, 0.717) is 5.69 Å². The number of urea groups is 1. The molecule has 0 aliphatic carbocycles. The zero-order chi connectivity index (χ0) is 17.2. The van der Waals surface area contributed by atoms with Gasteiger partial charge in [0.1, 0.15) is 0 Å². The Kier molecular flexibility index (Phi) is 6.51. The molecule has 0 saturated heterocycles. The number of rotatable bonds is 6. The minimum Gasteiger partial charge on any atom is -0.306 e. The minimum absolute atomic E-state index is 0.198. The molecule has 0 aliphatic rings. The van der Waals surface area contributed by atoms with Crippen LogP contribution in [0.5, 0.6) is 0 Å². The molecule has 0 heterocycles. The van der Waals surface area contributed by atoms with Crippen LogP contribution < -0.4 is 16.3 Å². The molecule has 2 aromatic rings. The van der Waals surface area contributed by atoms with Crippen LogP contribution in [0.15, 0.2) is 60.7 Å². The van der Waals surface area contributed by atoms with E-state index in [2.05, 4.69) is 10.8 Å². The highest BCUT2D eigenvalue weighted by Gasteiger charge is 2.01. The van der Waals surface area contributed by atoms with Crippen molar-refractivity contribution in [3.05, 3.63) is 71.8 Å². The van der Waals surface area contributed by atoms with Gasteiger partial charge >= 0.3 is 6.03 Å². The summed E-state index contributed by atoms with van der Waals surface area (Å²) in [5, 5.41) is 11.0. The monoisotopic (exact) mass is 327 g/mol. The van der Waals surface area contributed by atoms with Gasteiger partial charge in [-0.25, -0.2) is 15.8 Å². The van der Waals surface area contributed by atoms with E-state index in [9.17, 15) is 9.59 Å². The van der Waals surface area contributed by atoms with Crippen LogP contribution in [0.3, 0.4) is 0 Å². The second-order valence-electron chi connectivity index (χ2n) is 4.76. The molecule has 4 N–H and O–H groups in total. The van der Waals surface area contributed by atoms with Crippen molar-refractivity contribution in [1.29, 1.82) is 0 Å². The molecule has 124 valence electrons. The van der Waals surface area contributed by atoms with Crippen LogP contribution in [0.4, 0.5) is 10.5 Å². The zero-order valence-corrected chi connectivity index (χ0v) is 12.7. The Hall–Kier alpha value is -3.16. The number of anilines is 1. The fourth-order valence-corrected chi connectivity index (χ4v) is 1.80. The summed E-state index contributed by atoms with van der Waals surface area (Å²) < 4.78 is 0. The van der Waals surface area contributed by atoms with E-state index in [1.54, 1.807) is 42.5 Å². The lowest BCUT2D eigenvalue weighted by Crippen LogP contribution is -2.28. The molecule has 0 aromatic heterocycles. The lowest BCUT2D eigenvalue weighted by atomic mass is 10.1. The van der Waals surface area contributed by atoms with Gasteiger partial charge in [-0.1, -0.05) is 42.5 Å². The highest BCUT2D eigenvalue weighted by molar-refractivity contribution is 5.90. The number of hydroxylamine groups is 2. The van der Waals surface area contributed by atoms with Gasteiger partial charge in [0.2, 0.25) is 0 Å². The Morgan fingerprint density at radius 2 is 1.75 bits per heavy atom. The third kappa shape index (κ3) is 5.91. The van der Waals surface area contributed by atoms with E-state index in [1.165, 1.54) is 11.6 Å². The molecule has 0 radical (unpaired) electrons. The topological polar surface area (TPSA) is 99.7 Å². The van der Waals surface area contributed by atoms with E-state index in [-0.39, 0.29) is 6.61 Å². The summed E-state index contributed by atoms with van der Waals surface area (Å²) >= 11 is 0. The van der Waals surface area contributed by atoms with Gasteiger partial charge in [-0.15, -0.1) is 0 Å². The molecule has 3 amide bonds. The second kappa shape index (κ2) is 9.09. The Morgan fingerprint density at radius 3 is 2.42 bits per heavy atom. The molecule has 0 saturated carbocycles. The molecule has 0 bridgehead atoms. The highest BCUT2D eigenvalue weighted by atomic mass is 16.7. The van der Waals surface area contributed by atoms with Crippen LogP contribution in [0.2, 0.25) is 0 Å². The van der Waals surface area contributed by atoms with Gasteiger partial charge in [-0.3, -0.25) is 14.8 Å². The number of para-hydroxylation sites is 1. The summed E-state index contributed by atoms with van der Waals surface area (Å²) in [7, 11) is 0. The molecule has 7 heteroatoms. The first-order valence-electron chi connectivity index (χ1n) is 7.12. The maximum atomic E-state index is 11.6. The third-order valence-corrected chi connectivity index (χ3v) is 2.95. The molecule has 7 nitrogen and oxygen atoms in total. The summed E-state index contributed by atoms with van der Waals surface area (Å²) in [6.07, 6.45) is 2.77. The van der Waals surface area contributed by atoms with Crippen molar-refractivity contribution in [2.45, 2.75) is 6.61 Å². The summed E-state index contributed by atoms with van der Waals surface area (Å²) in [6, 6.07) is 15.7. The fourth-order valence-electron chi connectivity index (χ4n) is 1.80. The van der Waals surface area contributed by atoms with E-state index in [0.717, 1.165) is 11.1 Å². The van der Waals surface area contributed by atoms with Crippen LogP contribution in [0, 0.1) is 0 Å². The number of hydrogen-bond acceptors (Lipinski definition) is 4. The molecule has 2 aromatic carbocycles. The standard InChI is InChI=1S/C17H17N3O4/c21-16(19-23)11-10-13-6-8-14(9-7-13)12-24-20-17(22)18-15-4-2-1-3-5-15/h1-11,23H,12H2,(H,19,21)(H2,18,20,22)/b11-10+. The molecule has 0 atom stereocenters. The number of amides is 3. The predicted molar refractivity (Wildman–Crippen MR) is 88.8 cm³/mol. The summed E-state index contributed by atoms with van der Waals surface area (Å²) in [5.41, 5.74) is 6.11. The molecule has 24 heavy (non-hydrogen) atoms. The van der Waals surface area contributed by atoms with Crippen LogP contribution in [0.1, 0.15) is 11.1 Å². The van der Waals surface area contributed by atoms with Gasteiger partial charge in [-0.2, -0.15) is 0 Å². The van der Waals surface area contributed by atoms with Gasteiger partial charge in [0.25, 0.3) is 5.91 Å². The first-order valence-corrected chi connectivity index (χ1v) is 7.12. The zero-order valence-electron chi connectivity index (χ0n) is 12.7. The molecule has 0 aliphatic heterocycles. The molecule has 2 rings (SSSR count). The summed E-state index contributed by atoms with van der Waals surface area (Å²) in [6.45, 7) is 0.198. The Morgan fingerprint density at radius 1 is 1.04 bits per heavy atom. The summed E-state index contributed by atoms with van der Waals surface area (Å²) in [5.74, 6) is -0.601. The van der Waals surface area contributed by atoms with Crippen LogP contribution >= 0.6 is 0 Å². The van der Waals surface area contributed by atoms with Crippen LogP contribution in [-0.2, 0) is 16.2 Å². The Bertz CT molecular complexity index is 700. The lowest BCUT2D eigenvalue weighted by molar-refractivity contribution is -0.124. The average Bonchev–Trinajstić information content (AvgIpc) is 2.61. The second-order valence-corrected chi connectivity index (χ2v) is 4.76. The van der Waals surface area contributed by atoms with Gasteiger partial charge < -0.3 is 5.32 Å². The number of hydrogen-bond donors (Lipinski definition) is 4. The smallest absolute Gasteiger partial charge is 0.306 e. The van der Waals surface area contributed by atoms with Crippen molar-refractivity contribution in [3.8, 4) is 0 Å². The quantitative estimate of drug-likeness (QED) is 0.372. The molecule has 0 spiro atoms. The van der Waals surface area contributed by atoms with E-state index < -0.39 is 11.9 Å². The minimum atomic E-state index is -0.601. The largest absolute Gasteiger partial charge is 0.343 e. The van der Waals surface area contributed by atoms with Gasteiger partial charge in [0, 0.05) is 11.8 Å². The van der Waals surface area contributed by atoms with E-state index in [1.807, 2.05) is 18.2 Å². The maximum absolute atomic E-state index is 11.6. The van der Waals surface area contributed by atoms with Crippen LogP contribution in [-0.4, -0.2) is 17.1 Å². The normalized spacial score (nSPS) is 10.4. The number of carbonyl (C=O) groups is 2. The number of carbonyl (C=O) groups excluding carboxylic acids is 2. The SMILES string of the molecule is O=C(/C=C/c1ccc(CONC(=O)Nc2ccccc2)cc1)NO. The molecule has 0 unspecified atom stereocenters. The first-order chi connectivity index (χ1) is 11.7. The van der Waals surface area contributed by atoms with Crippen molar-refractivity contribution < 1.29 is 19.6 Å². The Labute approximate surface area is 138 Å². The van der Waals surface area contributed by atoms with E-state index in [4.69, 9.17) is 10.0 Å². The van der Waals surface area contributed by atoms with Gasteiger partial charge in [0.15, 0.2) is 0 Å². The third-order valence-electron chi connectivity index (χ3n) is 2.95. The molecular formula is C17H17N3O4. The predicted octanol–water partition coefficient (Wildman–Crippen LogP) is 2.46. The van der Waals surface area contributed by atoms with Crippen LogP contribution in [0.25, 0.3) is 6.08 Å². The summed E-state index contributed by atoms with van der Waals surface area (Å²) in [4.78, 5) is 27.6. The highest BCUT2D eigenvalue weighted by Crippen LogP contribution is 2.07. The Balaban J connectivity index is 1.75. The van der Waals surface area contributed by atoms with Crippen molar-refractivity contribution in [2.75, 3.05) is 5.32 Å². The van der Waals surface area contributed by atoms with E-state index >= 15 is 0 Å². The molecular weight excluding hydrogens is 310 g/mol. The van der Waals surface area contributed by atoms with Gasteiger partial charge in [-0.05, 0) is 29.3 Å². The lowest BCUT2D eigenvalue weighted by Gasteiger charge is -2.08. The van der Waals surface area contributed by atoms with Gasteiger partial charge in [0.05, 0.1) is 6.61 Å². The molecule has 0 fully saturated rings. The number of benzene rings is 2. The first kappa shape index (κ1) is 17.2. The average molecular weight is 327 g/mol. The van der Waals surface area contributed by atoms with Crippen molar-refractivity contribution in [1.82, 2.24) is 11.0 Å². The van der Waals surface area contributed by atoms with Crippen molar-refractivity contribution in [3.63, 3.8) is 0 Å². The maximum Gasteiger partial charge on any atom is 0.343 e. The van der Waals surface area contributed by atoms with Crippen molar-refractivity contribution in [2.24, 2.45) is 0 Å². The number of nitrogens with one attached hydrogen (secondary N) is 3.